The molecule has 0 radical (unpaired) electrons. The summed E-state index contributed by atoms with van der Waals surface area (Å²) >= 11 is 5.79. The molecule has 0 aromatic heterocycles. The zero-order chi connectivity index (χ0) is 16.4. The summed E-state index contributed by atoms with van der Waals surface area (Å²) in [5, 5.41) is 3.31. The van der Waals surface area contributed by atoms with Crippen molar-refractivity contribution in [1.29, 1.82) is 0 Å². The maximum atomic E-state index is 12.1. The highest BCUT2D eigenvalue weighted by molar-refractivity contribution is 7.89. The largest absolute Gasteiger partial charge is 0.322 e. The van der Waals surface area contributed by atoms with Gasteiger partial charge in [-0.05, 0) is 61.4 Å². The molecule has 5 nitrogen and oxygen atoms in total. The molecule has 0 heterocycles. The highest BCUT2D eigenvalue weighted by Crippen LogP contribution is 2.22. The van der Waals surface area contributed by atoms with Gasteiger partial charge in [-0.15, -0.1) is 0 Å². The van der Waals surface area contributed by atoms with Crippen LogP contribution in [-0.2, 0) is 10.0 Å². The van der Waals surface area contributed by atoms with E-state index in [4.69, 9.17) is 11.6 Å². The van der Waals surface area contributed by atoms with Crippen LogP contribution in [0.3, 0.4) is 0 Å². The summed E-state index contributed by atoms with van der Waals surface area (Å²) in [6, 6.07) is 12.6. The fraction of sp³-hybridized carbons (Fsp3) is 0.188. The number of hydrogen-bond acceptors (Lipinski definition) is 3. The number of hydrogen-bond donors (Lipinski definition) is 2. The molecule has 0 aliphatic heterocycles. The van der Waals surface area contributed by atoms with Gasteiger partial charge in [-0.2, -0.15) is 0 Å². The van der Waals surface area contributed by atoms with E-state index < -0.39 is 10.0 Å². The smallest absolute Gasteiger partial charge is 0.255 e. The first-order valence-corrected chi connectivity index (χ1v) is 8.99. The van der Waals surface area contributed by atoms with E-state index in [2.05, 4.69) is 10.0 Å². The maximum Gasteiger partial charge on any atom is 0.255 e. The Morgan fingerprint density at radius 3 is 2.17 bits per heavy atom. The van der Waals surface area contributed by atoms with Gasteiger partial charge in [0.05, 0.1) is 4.90 Å². The summed E-state index contributed by atoms with van der Waals surface area (Å²) < 4.78 is 26.7. The molecule has 1 saturated carbocycles. The zero-order valence-electron chi connectivity index (χ0n) is 12.1. The Morgan fingerprint density at radius 2 is 1.61 bits per heavy atom. The van der Waals surface area contributed by atoms with E-state index >= 15 is 0 Å². The molecule has 2 aromatic carbocycles. The summed E-state index contributed by atoms with van der Waals surface area (Å²) in [4.78, 5) is 12.3. The molecule has 0 atom stereocenters. The first-order chi connectivity index (χ1) is 10.9. The molecule has 23 heavy (non-hydrogen) atoms. The minimum atomic E-state index is -3.50. The summed E-state index contributed by atoms with van der Waals surface area (Å²) in [6.45, 7) is 0. The van der Waals surface area contributed by atoms with E-state index in [1.54, 1.807) is 24.3 Å². The Bertz CT molecular complexity index is 813. The second-order valence-corrected chi connectivity index (χ2v) is 7.53. The van der Waals surface area contributed by atoms with Gasteiger partial charge in [0.2, 0.25) is 10.0 Å². The van der Waals surface area contributed by atoms with Gasteiger partial charge in [-0.3, -0.25) is 4.79 Å². The standard InChI is InChI=1S/C16H15ClN2O3S/c17-12-3-5-13(6-4-12)18-16(20)11-1-9-15(10-2-11)23(21,22)19-14-7-8-14/h1-6,9-10,14,19H,7-8H2,(H,18,20). The minimum Gasteiger partial charge on any atom is -0.322 e. The molecule has 120 valence electrons. The van der Waals surface area contributed by atoms with Gasteiger partial charge in [-0.25, -0.2) is 13.1 Å². The third kappa shape index (κ3) is 4.10. The Balaban J connectivity index is 1.71. The second kappa shape index (κ2) is 6.31. The molecule has 0 spiro atoms. The monoisotopic (exact) mass is 350 g/mol. The average Bonchev–Trinajstić information content (AvgIpc) is 3.33. The number of amides is 1. The molecule has 1 aliphatic carbocycles. The van der Waals surface area contributed by atoms with Crippen molar-refractivity contribution in [3.05, 3.63) is 59.1 Å². The lowest BCUT2D eigenvalue weighted by molar-refractivity contribution is 0.102. The van der Waals surface area contributed by atoms with E-state index in [-0.39, 0.29) is 16.8 Å². The van der Waals surface area contributed by atoms with Crippen molar-refractivity contribution >= 4 is 33.2 Å². The molecule has 1 aliphatic rings. The van der Waals surface area contributed by atoms with Gasteiger partial charge in [0.25, 0.3) is 5.91 Å². The fourth-order valence-corrected chi connectivity index (χ4v) is 3.44. The van der Waals surface area contributed by atoms with E-state index in [0.717, 1.165) is 12.8 Å². The van der Waals surface area contributed by atoms with Crippen LogP contribution in [0.15, 0.2) is 53.4 Å². The van der Waals surface area contributed by atoms with Crippen LogP contribution in [0.2, 0.25) is 5.02 Å². The van der Waals surface area contributed by atoms with Crippen LogP contribution in [-0.4, -0.2) is 20.4 Å². The van der Waals surface area contributed by atoms with Crippen LogP contribution in [0.1, 0.15) is 23.2 Å². The normalized spacial score (nSPS) is 14.5. The number of benzene rings is 2. The van der Waals surface area contributed by atoms with E-state index in [1.807, 2.05) is 0 Å². The van der Waals surface area contributed by atoms with Crippen molar-refractivity contribution in [3.8, 4) is 0 Å². The van der Waals surface area contributed by atoms with E-state index in [0.29, 0.717) is 16.3 Å². The molecule has 7 heteroatoms. The number of anilines is 1. The van der Waals surface area contributed by atoms with Crippen LogP contribution >= 0.6 is 11.6 Å². The number of rotatable bonds is 5. The lowest BCUT2D eigenvalue weighted by Crippen LogP contribution is -2.25. The first kappa shape index (κ1) is 16.0. The van der Waals surface area contributed by atoms with Crippen LogP contribution in [0.5, 0.6) is 0 Å². The summed E-state index contributed by atoms with van der Waals surface area (Å²) in [6.07, 6.45) is 1.75. The summed E-state index contributed by atoms with van der Waals surface area (Å²) in [7, 11) is -3.50. The Kier molecular flexibility index (Phi) is 4.39. The highest BCUT2D eigenvalue weighted by Gasteiger charge is 2.27. The third-order valence-corrected chi connectivity index (χ3v) is 5.22. The van der Waals surface area contributed by atoms with Gasteiger partial charge in [0.15, 0.2) is 0 Å². The van der Waals surface area contributed by atoms with Crippen LogP contribution < -0.4 is 10.0 Å². The SMILES string of the molecule is O=C(Nc1ccc(Cl)cc1)c1ccc(S(=O)(=O)NC2CC2)cc1. The highest BCUT2D eigenvalue weighted by atomic mass is 35.5. The van der Waals surface area contributed by atoms with E-state index in [9.17, 15) is 13.2 Å². The van der Waals surface area contributed by atoms with Crippen molar-refractivity contribution in [2.45, 2.75) is 23.8 Å². The lowest BCUT2D eigenvalue weighted by atomic mass is 10.2. The van der Waals surface area contributed by atoms with Crippen molar-refractivity contribution in [2.75, 3.05) is 5.32 Å². The topological polar surface area (TPSA) is 75.3 Å². The van der Waals surface area contributed by atoms with Crippen LogP contribution in [0, 0.1) is 0 Å². The minimum absolute atomic E-state index is 0.0490. The molecule has 3 rings (SSSR count). The summed E-state index contributed by atoms with van der Waals surface area (Å²) in [5.41, 5.74) is 0.997. The number of nitrogens with one attached hydrogen (secondary N) is 2. The zero-order valence-corrected chi connectivity index (χ0v) is 13.7. The predicted molar refractivity (Wildman–Crippen MR) is 89.2 cm³/mol. The van der Waals surface area contributed by atoms with E-state index in [1.165, 1.54) is 24.3 Å². The molecule has 2 aromatic rings. The molecular weight excluding hydrogens is 336 g/mol. The van der Waals surface area contributed by atoms with Crippen molar-refractivity contribution < 1.29 is 13.2 Å². The van der Waals surface area contributed by atoms with Gasteiger partial charge >= 0.3 is 0 Å². The van der Waals surface area contributed by atoms with Crippen molar-refractivity contribution in [3.63, 3.8) is 0 Å². The second-order valence-electron chi connectivity index (χ2n) is 5.38. The quantitative estimate of drug-likeness (QED) is 0.870. The van der Waals surface area contributed by atoms with Crippen molar-refractivity contribution in [2.24, 2.45) is 0 Å². The number of sulfonamides is 1. The van der Waals surface area contributed by atoms with Gasteiger partial charge in [-0.1, -0.05) is 11.6 Å². The fourth-order valence-electron chi connectivity index (χ4n) is 2.01. The van der Waals surface area contributed by atoms with Crippen LogP contribution in [0.25, 0.3) is 0 Å². The van der Waals surface area contributed by atoms with Crippen LogP contribution in [0.4, 0.5) is 5.69 Å². The Morgan fingerprint density at radius 1 is 1.00 bits per heavy atom. The molecule has 2 N–H and O–H groups in total. The first-order valence-electron chi connectivity index (χ1n) is 7.13. The molecule has 0 bridgehead atoms. The summed E-state index contributed by atoms with van der Waals surface area (Å²) in [5.74, 6) is -0.313. The number of carbonyl (C=O) groups excluding carboxylic acids is 1. The molecule has 0 saturated heterocycles. The van der Waals surface area contributed by atoms with Gasteiger partial charge in [0.1, 0.15) is 0 Å². The van der Waals surface area contributed by atoms with Crippen molar-refractivity contribution in [1.82, 2.24) is 4.72 Å². The molecule has 1 amide bonds. The average molecular weight is 351 g/mol. The Labute approximate surface area is 139 Å². The Hall–Kier alpha value is -1.89. The molecule has 0 unspecified atom stereocenters. The number of halogens is 1. The predicted octanol–water partition coefficient (Wildman–Crippen LogP) is 3.03. The molecule has 1 fully saturated rings. The molecular formula is C16H15ClN2O3S. The number of carbonyl (C=O) groups is 1. The maximum absolute atomic E-state index is 12.1. The van der Waals surface area contributed by atoms with Gasteiger partial charge < -0.3 is 5.32 Å². The third-order valence-electron chi connectivity index (χ3n) is 3.43. The lowest BCUT2D eigenvalue weighted by Gasteiger charge is -2.08. The van der Waals surface area contributed by atoms with Gasteiger partial charge in [0, 0.05) is 22.3 Å².